The molecule has 1 aromatic rings. The van der Waals surface area contributed by atoms with E-state index in [4.69, 9.17) is 9.47 Å². The summed E-state index contributed by atoms with van der Waals surface area (Å²) in [5, 5.41) is 3.64. The van der Waals surface area contributed by atoms with Crippen molar-refractivity contribution in [1.82, 2.24) is 10.2 Å². The maximum atomic E-state index is 12.5. The summed E-state index contributed by atoms with van der Waals surface area (Å²) in [6.07, 6.45) is 8.78. The van der Waals surface area contributed by atoms with Gasteiger partial charge in [0.25, 0.3) is 5.91 Å². The molecule has 150 valence electrons. The van der Waals surface area contributed by atoms with E-state index in [1.54, 1.807) is 7.11 Å². The number of nitrogens with one attached hydrogen (secondary N) is 1. The van der Waals surface area contributed by atoms with Crippen molar-refractivity contribution >= 4 is 24.4 Å². The van der Waals surface area contributed by atoms with Crippen molar-refractivity contribution < 1.29 is 14.3 Å². The topological polar surface area (TPSA) is 50.8 Å². The zero-order valence-corrected chi connectivity index (χ0v) is 17.1. The molecule has 1 N–H and O–H groups in total. The highest BCUT2D eigenvalue weighted by Gasteiger charge is 2.26. The number of hydrogen-bond acceptors (Lipinski definition) is 4. The smallest absolute Gasteiger partial charge is 0.260 e. The Hall–Kier alpha value is -1.72. The first kappa shape index (κ1) is 21.6. The Morgan fingerprint density at radius 3 is 2.59 bits per heavy atom. The van der Waals surface area contributed by atoms with Crippen molar-refractivity contribution in [1.29, 1.82) is 0 Å². The van der Waals surface area contributed by atoms with Gasteiger partial charge in [-0.1, -0.05) is 18.2 Å². The first-order valence-electron chi connectivity index (χ1n) is 9.64. The van der Waals surface area contributed by atoms with E-state index >= 15 is 0 Å². The number of nitrogens with zero attached hydrogens (tertiary/aromatic N) is 1. The molecule has 5 nitrogen and oxygen atoms in total. The van der Waals surface area contributed by atoms with E-state index in [1.807, 2.05) is 42.2 Å². The fourth-order valence-corrected chi connectivity index (χ4v) is 3.32. The predicted molar refractivity (Wildman–Crippen MR) is 111 cm³/mol. The summed E-state index contributed by atoms with van der Waals surface area (Å²) in [6, 6.07) is 6.28. The monoisotopic (exact) mass is 394 g/mol. The molecule has 2 fully saturated rings. The zero-order chi connectivity index (χ0) is 18.4. The van der Waals surface area contributed by atoms with Crippen LogP contribution >= 0.6 is 12.4 Å². The SMILES string of the molecule is C/C=C/c1ccc(OCC(=O)N2CCC(NCC3CC3)CC2)c(OC)c1.Cl. The summed E-state index contributed by atoms with van der Waals surface area (Å²) < 4.78 is 11.1. The number of piperidine rings is 1. The maximum Gasteiger partial charge on any atom is 0.260 e. The number of rotatable bonds is 8. The number of methoxy groups -OCH3 is 1. The van der Waals surface area contributed by atoms with Gasteiger partial charge in [0.15, 0.2) is 18.1 Å². The molecule has 1 heterocycles. The average molecular weight is 395 g/mol. The molecule has 3 rings (SSSR count). The third-order valence-corrected chi connectivity index (χ3v) is 5.14. The lowest BCUT2D eigenvalue weighted by Gasteiger charge is -2.32. The summed E-state index contributed by atoms with van der Waals surface area (Å²) in [5.41, 5.74) is 1.05. The van der Waals surface area contributed by atoms with Gasteiger partial charge in [0.05, 0.1) is 7.11 Å². The highest BCUT2D eigenvalue weighted by Crippen LogP contribution is 2.29. The summed E-state index contributed by atoms with van der Waals surface area (Å²) in [4.78, 5) is 14.4. The fourth-order valence-electron chi connectivity index (χ4n) is 3.32. The molecule has 0 unspecified atom stereocenters. The summed E-state index contributed by atoms with van der Waals surface area (Å²) >= 11 is 0. The number of ether oxygens (including phenoxy) is 2. The Morgan fingerprint density at radius 1 is 1.22 bits per heavy atom. The van der Waals surface area contributed by atoms with Crippen LogP contribution in [0.3, 0.4) is 0 Å². The van der Waals surface area contributed by atoms with E-state index in [2.05, 4.69) is 5.32 Å². The Bertz CT molecular complexity index is 638. The number of benzene rings is 1. The highest BCUT2D eigenvalue weighted by atomic mass is 35.5. The van der Waals surface area contributed by atoms with Crippen LogP contribution in [0.1, 0.15) is 38.2 Å². The number of likely N-dealkylation sites (tertiary alicyclic amines) is 1. The van der Waals surface area contributed by atoms with Gasteiger partial charge in [-0.25, -0.2) is 0 Å². The van der Waals surface area contributed by atoms with Crippen molar-refractivity contribution in [3.05, 3.63) is 29.8 Å². The lowest BCUT2D eigenvalue weighted by Crippen LogP contribution is -2.46. The lowest BCUT2D eigenvalue weighted by molar-refractivity contribution is -0.134. The third-order valence-electron chi connectivity index (χ3n) is 5.14. The highest BCUT2D eigenvalue weighted by molar-refractivity contribution is 5.85. The number of allylic oxidation sites excluding steroid dienone is 1. The molecular formula is C21H31ClN2O3. The Kier molecular flexibility index (Phi) is 8.45. The van der Waals surface area contributed by atoms with Crippen LogP contribution < -0.4 is 14.8 Å². The van der Waals surface area contributed by atoms with Crippen molar-refractivity contribution in [2.75, 3.05) is 33.4 Å². The van der Waals surface area contributed by atoms with Gasteiger partial charge in [-0.15, -0.1) is 12.4 Å². The van der Waals surface area contributed by atoms with Crippen LogP contribution in [0.15, 0.2) is 24.3 Å². The molecule has 1 aliphatic heterocycles. The second kappa shape index (κ2) is 10.6. The molecule has 2 aliphatic rings. The first-order chi connectivity index (χ1) is 12.7. The van der Waals surface area contributed by atoms with Gasteiger partial charge in [-0.05, 0) is 62.8 Å². The lowest BCUT2D eigenvalue weighted by atomic mass is 10.0. The van der Waals surface area contributed by atoms with Gasteiger partial charge in [-0.3, -0.25) is 4.79 Å². The molecule has 1 saturated heterocycles. The number of halogens is 1. The normalized spacial score (nSPS) is 17.6. The van der Waals surface area contributed by atoms with Crippen LogP contribution in [0.4, 0.5) is 0 Å². The van der Waals surface area contributed by atoms with Gasteiger partial charge >= 0.3 is 0 Å². The number of hydrogen-bond donors (Lipinski definition) is 1. The molecule has 1 amide bonds. The minimum Gasteiger partial charge on any atom is -0.493 e. The molecule has 0 spiro atoms. The van der Waals surface area contributed by atoms with Crippen LogP contribution in [-0.2, 0) is 4.79 Å². The predicted octanol–water partition coefficient (Wildman–Crippen LogP) is 3.52. The first-order valence-corrected chi connectivity index (χ1v) is 9.64. The number of carbonyl (C=O) groups excluding carboxylic acids is 1. The van der Waals surface area contributed by atoms with Gasteiger partial charge < -0.3 is 19.7 Å². The molecule has 1 saturated carbocycles. The van der Waals surface area contributed by atoms with E-state index in [1.165, 1.54) is 12.8 Å². The van der Waals surface area contributed by atoms with Gasteiger partial charge in [-0.2, -0.15) is 0 Å². The molecule has 1 aliphatic carbocycles. The van der Waals surface area contributed by atoms with E-state index in [0.29, 0.717) is 17.5 Å². The van der Waals surface area contributed by atoms with Crippen LogP contribution in [-0.4, -0.2) is 50.2 Å². The summed E-state index contributed by atoms with van der Waals surface area (Å²) in [7, 11) is 1.61. The largest absolute Gasteiger partial charge is 0.493 e. The van der Waals surface area contributed by atoms with Crippen molar-refractivity contribution in [3.63, 3.8) is 0 Å². The van der Waals surface area contributed by atoms with E-state index in [9.17, 15) is 4.79 Å². The van der Waals surface area contributed by atoms with Crippen LogP contribution in [0.25, 0.3) is 6.08 Å². The standard InChI is InChI=1S/C21H30N2O3.ClH/c1-3-4-16-7-8-19(20(13-16)25-2)26-15-21(24)23-11-9-18(10-12-23)22-14-17-5-6-17;/h3-4,7-8,13,17-18,22H,5-6,9-12,14-15H2,1-2H3;1H/b4-3+;. The summed E-state index contributed by atoms with van der Waals surface area (Å²) in [5.74, 6) is 2.20. The van der Waals surface area contributed by atoms with E-state index < -0.39 is 0 Å². The Balaban J connectivity index is 0.00000261. The van der Waals surface area contributed by atoms with E-state index in [0.717, 1.165) is 44.0 Å². The molecule has 6 heteroatoms. The molecule has 1 aromatic carbocycles. The fraction of sp³-hybridized carbons (Fsp3) is 0.571. The quantitative estimate of drug-likeness (QED) is 0.732. The Morgan fingerprint density at radius 2 is 1.96 bits per heavy atom. The number of carbonyl (C=O) groups is 1. The molecule has 27 heavy (non-hydrogen) atoms. The number of amides is 1. The van der Waals surface area contributed by atoms with Crippen LogP contribution in [0.5, 0.6) is 11.5 Å². The van der Waals surface area contributed by atoms with Crippen LogP contribution in [0, 0.1) is 5.92 Å². The second-order valence-electron chi connectivity index (χ2n) is 7.21. The van der Waals surface area contributed by atoms with Crippen LogP contribution in [0.2, 0.25) is 0 Å². The molecule has 0 aromatic heterocycles. The average Bonchev–Trinajstić information content (AvgIpc) is 3.50. The van der Waals surface area contributed by atoms with E-state index in [-0.39, 0.29) is 24.9 Å². The third kappa shape index (κ3) is 6.43. The maximum absolute atomic E-state index is 12.5. The molecule has 0 radical (unpaired) electrons. The minimum absolute atomic E-state index is 0. The zero-order valence-electron chi connectivity index (χ0n) is 16.3. The molecular weight excluding hydrogens is 364 g/mol. The van der Waals surface area contributed by atoms with Gasteiger partial charge in [0.2, 0.25) is 0 Å². The van der Waals surface area contributed by atoms with Gasteiger partial charge in [0.1, 0.15) is 0 Å². The minimum atomic E-state index is 0. The second-order valence-corrected chi connectivity index (χ2v) is 7.21. The van der Waals surface area contributed by atoms with Crippen molar-refractivity contribution in [2.24, 2.45) is 5.92 Å². The molecule has 0 atom stereocenters. The Labute approximate surface area is 168 Å². The molecule has 0 bridgehead atoms. The van der Waals surface area contributed by atoms with Gasteiger partial charge in [0, 0.05) is 19.1 Å². The van der Waals surface area contributed by atoms with Crippen molar-refractivity contribution in [2.45, 2.75) is 38.6 Å². The van der Waals surface area contributed by atoms with Crippen molar-refractivity contribution in [3.8, 4) is 11.5 Å². The summed E-state index contributed by atoms with van der Waals surface area (Å²) in [6.45, 7) is 4.79.